The zero-order valence-corrected chi connectivity index (χ0v) is 10.8. The first-order chi connectivity index (χ1) is 8.99. The zero-order valence-electron chi connectivity index (χ0n) is 10.8. The second-order valence-corrected chi connectivity index (χ2v) is 5.01. The van der Waals surface area contributed by atoms with Gasteiger partial charge >= 0.3 is 0 Å². The quantitative estimate of drug-likeness (QED) is 0.502. The van der Waals surface area contributed by atoms with Gasteiger partial charge in [-0.3, -0.25) is 14.9 Å². The maximum absolute atomic E-state index is 12.3. The standard InChI is InChI=1S/C13H17N3O3/c1-9-4-6-15(7-5-9)13(17)11-8-10(14)2-3-12(11)16(18)19/h2-3,8-9H,4-7,14H2,1H3. The Morgan fingerprint density at radius 3 is 2.63 bits per heavy atom. The minimum absolute atomic E-state index is 0.0829. The lowest BCUT2D eigenvalue weighted by Crippen LogP contribution is -2.38. The van der Waals surface area contributed by atoms with Gasteiger partial charge in [-0.25, -0.2) is 0 Å². The molecule has 0 unspecified atom stereocenters. The fraction of sp³-hybridized carbons (Fsp3) is 0.462. The van der Waals surface area contributed by atoms with Crippen LogP contribution < -0.4 is 5.73 Å². The van der Waals surface area contributed by atoms with E-state index in [-0.39, 0.29) is 17.2 Å². The van der Waals surface area contributed by atoms with E-state index >= 15 is 0 Å². The molecule has 1 amide bonds. The second kappa shape index (κ2) is 5.26. The molecule has 6 nitrogen and oxygen atoms in total. The lowest BCUT2D eigenvalue weighted by Gasteiger charge is -2.30. The summed E-state index contributed by atoms with van der Waals surface area (Å²) in [5.41, 5.74) is 5.88. The van der Waals surface area contributed by atoms with Crippen molar-refractivity contribution in [2.75, 3.05) is 18.8 Å². The summed E-state index contributed by atoms with van der Waals surface area (Å²) in [5, 5.41) is 11.0. The summed E-state index contributed by atoms with van der Waals surface area (Å²) >= 11 is 0. The first-order valence-corrected chi connectivity index (χ1v) is 6.32. The van der Waals surface area contributed by atoms with Crippen molar-refractivity contribution in [1.29, 1.82) is 0 Å². The van der Waals surface area contributed by atoms with Crippen molar-refractivity contribution in [3.8, 4) is 0 Å². The number of likely N-dealkylation sites (tertiary alicyclic amines) is 1. The van der Waals surface area contributed by atoms with Gasteiger partial charge in [0.15, 0.2) is 0 Å². The smallest absolute Gasteiger partial charge is 0.282 e. The highest BCUT2D eigenvalue weighted by molar-refractivity contribution is 5.99. The number of nitrogen functional groups attached to an aromatic ring is 1. The largest absolute Gasteiger partial charge is 0.399 e. The van der Waals surface area contributed by atoms with E-state index in [4.69, 9.17) is 5.73 Å². The Balaban J connectivity index is 2.27. The number of amides is 1. The average Bonchev–Trinajstić information content (AvgIpc) is 2.38. The van der Waals surface area contributed by atoms with Crippen molar-refractivity contribution >= 4 is 17.3 Å². The van der Waals surface area contributed by atoms with Crippen LogP contribution in [0.2, 0.25) is 0 Å². The van der Waals surface area contributed by atoms with Crippen molar-refractivity contribution in [3.63, 3.8) is 0 Å². The molecule has 0 radical (unpaired) electrons. The molecule has 19 heavy (non-hydrogen) atoms. The fourth-order valence-corrected chi connectivity index (χ4v) is 2.27. The van der Waals surface area contributed by atoms with Crippen LogP contribution in [-0.4, -0.2) is 28.8 Å². The van der Waals surface area contributed by atoms with Gasteiger partial charge < -0.3 is 10.6 Å². The maximum atomic E-state index is 12.3. The molecule has 1 heterocycles. The van der Waals surface area contributed by atoms with Crippen molar-refractivity contribution < 1.29 is 9.72 Å². The highest BCUT2D eigenvalue weighted by atomic mass is 16.6. The van der Waals surface area contributed by atoms with Crippen LogP contribution in [0.3, 0.4) is 0 Å². The molecule has 2 N–H and O–H groups in total. The summed E-state index contributed by atoms with van der Waals surface area (Å²) in [4.78, 5) is 24.4. The van der Waals surface area contributed by atoms with E-state index < -0.39 is 4.92 Å². The molecule has 1 aliphatic rings. The maximum Gasteiger partial charge on any atom is 0.282 e. The molecule has 6 heteroatoms. The van der Waals surface area contributed by atoms with Crippen LogP contribution >= 0.6 is 0 Å². The number of anilines is 1. The van der Waals surface area contributed by atoms with E-state index in [0.29, 0.717) is 24.7 Å². The first-order valence-electron chi connectivity index (χ1n) is 6.32. The normalized spacial score (nSPS) is 16.4. The van der Waals surface area contributed by atoms with Crippen LogP contribution in [0.5, 0.6) is 0 Å². The van der Waals surface area contributed by atoms with Gasteiger partial charge in [-0.15, -0.1) is 0 Å². The molecule has 0 saturated carbocycles. The Morgan fingerprint density at radius 2 is 2.05 bits per heavy atom. The van der Waals surface area contributed by atoms with Gasteiger partial charge in [-0.2, -0.15) is 0 Å². The zero-order chi connectivity index (χ0) is 14.0. The Bertz CT molecular complexity index is 508. The Hall–Kier alpha value is -2.11. The Labute approximate surface area is 111 Å². The summed E-state index contributed by atoms with van der Waals surface area (Å²) in [6.07, 6.45) is 1.86. The number of piperidine rings is 1. The van der Waals surface area contributed by atoms with Crippen LogP contribution in [0.1, 0.15) is 30.1 Å². The summed E-state index contributed by atoms with van der Waals surface area (Å²) in [7, 11) is 0. The Kier molecular flexibility index (Phi) is 3.69. The fourth-order valence-electron chi connectivity index (χ4n) is 2.27. The van der Waals surface area contributed by atoms with Gasteiger partial charge in [-0.05, 0) is 30.9 Å². The number of hydrogen-bond donors (Lipinski definition) is 1. The molecule has 2 rings (SSSR count). The second-order valence-electron chi connectivity index (χ2n) is 5.01. The molecule has 0 aromatic heterocycles. The van der Waals surface area contributed by atoms with E-state index in [1.165, 1.54) is 18.2 Å². The number of nitro benzene ring substituents is 1. The molecule has 1 aromatic carbocycles. The molecule has 1 fully saturated rings. The van der Waals surface area contributed by atoms with Crippen LogP contribution in [-0.2, 0) is 0 Å². The lowest BCUT2D eigenvalue weighted by atomic mass is 9.98. The van der Waals surface area contributed by atoms with Crippen LogP contribution in [0.25, 0.3) is 0 Å². The molecule has 0 spiro atoms. The third-order valence-corrected chi connectivity index (χ3v) is 3.52. The van der Waals surface area contributed by atoms with Crippen molar-refractivity contribution in [1.82, 2.24) is 4.90 Å². The molecule has 1 saturated heterocycles. The monoisotopic (exact) mass is 263 g/mol. The van der Waals surface area contributed by atoms with E-state index in [9.17, 15) is 14.9 Å². The highest BCUT2D eigenvalue weighted by Crippen LogP contribution is 2.25. The minimum Gasteiger partial charge on any atom is -0.399 e. The van der Waals surface area contributed by atoms with Gasteiger partial charge in [0, 0.05) is 24.8 Å². The molecule has 0 bridgehead atoms. The molecule has 0 atom stereocenters. The predicted octanol–water partition coefficient (Wildman–Crippen LogP) is 2.05. The molecular formula is C13H17N3O3. The van der Waals surface area contributed by atoms with Crippen LogP contribution in [0.4, 0.5) is 11.4 Å². The number of nitro groups is 1. The predicted molar refractivity (Wildman–Crippen MR) is 71.8 cm³/mol. The van der Waals surface area contributed by atoms with Gasteiger partial charge in [0.1, 0.15) is 5.56 Å². The summed E-state index contributed by atoms with van der Waals surface area (Å²) in [6.45, 7) is 3.43. The number of nitrogens with zero attached hydrogens (tertiary/aromatic N) is 2. The molecule has 102 valence electrons. The highest BCUT2D eigenvalue weighted by Gasteiger charge is 2.27. The lowest BCUT2D eigenvalue weighted by molar-refractivity contribution is -0.385. The summed E-state index contributed by atoms with van der Waals surface area (Å²) in [6, 6.07) is 4.11. The SMILES string of the molecule is CC1CCN(C(=O)c2cc(N)ccc2[N+](=O)[O-])CC1. The number of carbonyl (C=O) groups is 1. The average molecular weight is 263 g/mol. The molecular weight excluding hydrogens is 246 g/mol. The summed E-state index contributed by atoms with van der Waals surface area (Å²) in [5.74, 6) is 0.297. The van der Waals surface area contributed by atoms with Gasteiger partial charge in [0.25, 0.3) is 11.6 Å². The number of carbonyl (C=O) groups excluding carboxylic acids is 1. The van der Waals surface area contributed by atoms with Crippen LogP contribution in [0, 0.1) is 16.0 Å². The third kappa shape index (κ3) is 2.83. The number of benzene rings is 1. The topological polar surface area (TPSA) is 89.5 Å². The minimum atomic E-state index is -0.542. The third-order valence-electron chi connectivity index (χ3n) is 3.52. The van der Waals surface area contributed by atoms with Crippen molar-refractivity contribution in [3.05, 3.63) is 33.9 Å². The van der Waals surface area contributed by atoms with E-state index in [0.717, 1.165) is 12.8 Å². The number of hydrogen-bond acceptors (Lipinski definition) is 4. The molecule has 1 aromatic rings. The Morgan fingerprint density at radius 1 is 1.42 bits per heavy atom. The summed E-state index contributed by atoms with van der Waals surface area (Å²) < 4.78 is 0. The van der Waals surface area contributed by atoms with Gasteiger partial charge in [0.05, 0.1) is 4.92 Å². The van der Waals surface area contributed by atoms with Crippen LogP contribution in [0.15, 0.2) is 18.2 Å². The van der Waals surface area contributed by atoms with E-state index in [1.54, 1.807) is 4.90 Å². The van der Waals surface area contributed by atoms with Gasteiger partial charge in [-0.1, -0.05) is 6.92 Å². The first kappa shape index (κ1) is 13.3. The van der Waals surface area contributed by atoms with Gasteiger partial charge in [0.2, 0.25) is 0 Å². The van der Waals surface area contributed by atoms with E-state index in [1.807, 2.05) is 0 Å². The van der Waals surface area contributed by atoms with E-state index in [2.05, 4.69) is 6.92 Å². The number of nitrogens with two attached hydrogens (primary N) is 1. The number of rotatable bonds is 2. The van der Waals surface area contributed by atoms with Crippen molar-refractivity contribution in [2.24, 2.45) is 5.92 Å². The van der Waals surface area contributed by atoms with Crippen molar-refractivity contribution in [2.45, 2.75) is 19.8 Å². The molecule has 1 aliphatic heterocycles. The molecule has 0 aliphatic carbocycles.